The SMILES string of the molecule is COc1ccc([N+](=O)[O-])c(OC2CC(=O)C23CCCC3)c1. The van der Waals surface area contributed by atoms with Crippen molar-refractivity contribution in [1.29, 1.82) is 0 Å². The van der Waals surface area contributed by atoms with E-state index in [4.69, 9.17) is 9.47 Å². The lowest BCUT2D eigenvalue weighted by Crippen LogP contribution is -2.55. The molecule has 1 aromatic rings. The van der Waals surface area contributed by atoms with Crippen molar-refractivity contribution in [2.75, 3.05) is 7.11 Å². The first kappa shape index (κ1) is 13.9. The minimum atomic E-state index is -0.476. The number of Topliss-reactive ketones (excluding diaryl/α,β-unsaturated/α-hetero) is 1. The highest BCUT2D eigenvalue weighted by molar-refractivity contribution is 5.92. The van der Waals surface area contributed by atoms with Crippen molar-refractivity contribution in [2.45, 2.75) is 38.2 Å². The summed E-state index contributed by atoms with van der Waals surface area (Å²) in [5.41, 5.74) is -0.500. The highest BCUT2D eigenvalue weighted by Crippen LogP contribution is 2.52. The fourth-order valence-electron chi connectivity index (χ4n) is 3.40. The van der Waals surface area contributed by atoms with Crippen LogP contribution in [-0.2, 0) is 4.79 Å². The van der Waals surface area contributed by atoms with Gasteiger partial charge in [-0.15, -0.1) is 0 Å². The molecule has 2 aliphatic carbocycles. The van der Waals surface area contributed by atoms with Crippen molar-refractivity contribution < 1.29 is 19.2 Å². The molecule has 1 unspecified atom stereocenters. The van der Waals surface area contributed by atoms with E-state index in [2.05, 4.69) is 0 Å². The molecule has 0 N–H and O–H groups in total. The third kappa shape index (κ3) is 2.14. The van der Waals surface area contributed by atoms with E-state index >= 15 is 0 Å². The fourth-order valence-corrected chi connectivity index (χ4v) is 3.40. The van der Waals surface area contributed by atoms with Gasteiger partial charge in [0, 0.05) is 18.6 Å². The average Bonchev–Trinajstić information content (AvgIpc) is 2.99. The van der Waals surface area contributed by atoms with Crippen LogP contribution in [0.4, 0.5) is 5.69 Å². The van der Waals surface area contributed by atoms with Gasteiger partial charge in [-0.05, 0) is 18.9 Å². The Labute approximate surface area is 122 Å². The molecule has 21 heavy (non-hydrogen) atoms. The van der Waals surface area contributed by atoms with Gasteiger partial charge in [-0.3, -0.25) is 14.9 Å². The number of ether oxygens (including phenoxy) is 2. The molecule has 6 heteroatoms. The molecule has 2 aliphatic rings. The molecule has 1 atom stereocenters. The van der Waals surface area contributed by atoms with Gasteiger partial charge < -0.3 is 9.47 Å². The number of hydrogen-bond acceptors (Lipinski definition) is 5. The molecule has 1 aromatic carbocycles. The minimum Gasteiger partial charge on any atom is -0.497 e. The summed E-state index contributed by atoms with van der Waals surface area (Å²) in [7, 11) is 1.50. The molecule has 0 aromatic heterocycles. The summed E-state index contributed by atoms with van der Waals surface area (Å²) in [5, 5.41) is 11.1. The topological polar surface area (TPSA) is 78.7 Å². The van der Waals surface area contributed by atoms with Crippen molar-refractivity contribution in [3.05, 3.63) is 28.3 Å². The lowest BCUT2D eigenvalue weighted by molar-refractivity contribution is -0.386. The zero-order valence-corrected chi connectivity index (χ0v) is 11.8. The van der Waals surface area contributed by atoms with Crippen molar-refractivity contribution in [3.8, 4) is 11.5 Å². The van der Waals surface area contributed by atoms with Gasteiger partial charge in [-0.1, -0.05) is 12.8 Å². The molecule has 2 saturated carbocycles. The number of rotatable bonds is 4. The monoisotopic (exact) mass is 291 g/mol. The normalized spacial score (nSPS) is 22.9. The van der Waals surface area contributed by atoms with Crippen LogP contribution in [0.2, 0.25) is 0 Å². The Bertz CT molecular complexity index is 592. The van der Waals surface area contributed by atoms with E-state index in [1.54, 1.807) is 0 Å². The van der Waals surface area contributed by atoms with E-state index in [1.165, 1.54) is 25.3 Å². The Morgan fingerprint density at radius 3 is 2.62 bits per heavy atom. The van der Waals surface area contributed by atoms with Crippen LogP contribution in [0.15, 0.2) is 18.2 Å². The van der Waals surface area contributed by atoms with Crippen LogP contribution in [0.5, 0.6) is 11.5 Å². The van der Waals surface area contributed by atoms with Crippen molar-refractivity contribution in [3.63, 3.8) is 0 Å². The number of hydrogen-bond donors (Lipinski definition) is 0. The predicted molar refractivity (Wildman–Crippen MR) is 74.6 cm³/mol. The summed E-state index contributed by atoms with van der Waals surface area (Å²) in [4.78, 5) is 22.6. The number of nitrogens with zero attached hydrogens (tertiary/aromatic N) is 1. The number of methoxy groups -OCH3 is 1. The van der Waals surface area contributed by atoms with E-state index in [0.29, 0.717) is 12.2 Å². The maximum absolute atomic E-state index is 12.0. The second kappa shape index (κ2) is 5.02. The standard InChI is InChI=1S/C15H17NO5/c1-20-10-4-5-11(16(18)19)12(8-10)21-14-9-13(17)15(14)6-2-3-7-15/h4-5,8,14H,2-3,6-7,9H2,1H3. The largest absolute Gasteiger partial charge is 0.497 e. The summed E-state index contributed by atoms with van der Waals surface area (Å²) in [6.07, 6.45) is 3.78. The predicted octanol–water partition coefficient (Wildman–Crippen LogP) is 2.88. The number of ketones is 1. The third-order valence-corrected chi connectivity index (χ3v) is 4.67. The second-order valence-corrected chi connectivity index (χ2v) is 5.69. The first-order valence-electron chi connectivity index (χ1n) is 7.09. The lowest BCUT2D eigenvalue weighted by Gasteiger charge is -2.44. The van der Waals surface area contributed by atoms with E-state index in [0.717, 1.165) is 25.7 Å². The first-order chi connectivity index (χ1) is 10.1. The zero-order chi connectivity index (χ0) is 15.0. The molecule has 0 radical (unpaired) electrons. The summed E-state index contributed by atoms with van der Waals surface area (Å²) in [5.74, 6) is 0.917. The zero-order valence-electron chi connectivity index (χ0n) is 11.8. The summed E-state index contributed by atoms with van der Waals surface area (Å²) >= 11 is 0. The number of benzene rings is 1. The van der Waals surface area contributed by atoms with E-state index in [9.17, 15) is 14.9 Å². The van der Waals surface area contributed by atoms with Gasteiger partial charge in [0.15, 0.2) is 0 Å². The van der Waals surface area contributed by atoms with E-state index < -0.39 is 10.3 Å². The van der Waals surface area contributed by atoms with Gasteiger partial charge in [0.1, 0.15) is 17.6 Å². The quantitative estimate of drug-likeness (QED) is 0.629. The molecular weight excluding hydrogens is 274 g/mol. The fraction of sp³-hybridized carbons (Fsp3) is 0.533. The highest BCUT2D eigenvalue weighted by atomic mass is 16.6. The van der Waals surface area contributed by atoms with Gasteiger partial charge in [0.25, 0.3) is 0 Å². The molecular formula is C15H17NO5. The van der Waals surface area contributed by atoms with Gasteiger partial charge >= 0.3 is 5.69 Å². The Morgan fingerprint density at radius 2 is 2.05 bits per heavy atom. The molecule has 0 heterocycles. The minimum absolute atomic E-state index is 0.0942. The molecule has 112 valence electrons. The molecule has 0 aliphatic heterocycles. The van der Waals surface area contributed by atoms with Crippen LogP contribution in [0.1, 0.15) is 32.1 Å². The Hall–Kier alpha value is -2.11. The van der Waals surface area contributed by atoms with Crippen LogP contribution in [0.25, 0.3) is 0 Å². The number of carbonyl (C=O) groups excluding carboxylic acids is 1. The summed E-state index contributed by atoms with van der Waals surface area (Å²) < 4.78 is 10.9. The molecule has 0 bridgehead atoms. The maximum Gasteiger partial charge on any atom is 0.311 e. The molecule has 6 nitrogen and oxygen atoms in total. The summed E-state index contributed by atoms with van der Waals surface area (Å²) in [6, 6.07) is 4.42. The van der Waals surface area contributed by atoms with Crippen LogP contribution >= 0.6 is 0 Å². The van der Waals surface area contributed by atoms with Crippen molar-refractivity contribution in [1.82, 2.24) is 0 Å². The first-order valence-corrected chi connectivity index (χ1v) is 7.09. The van der Waals surface area contributed by atoms with Crippen LogP contribution < -0.4 is 9.47 Å². The number of carbonyl (C=O) groups is 1. The van der Waals surface area contributed by atoms with E-state index in [1.807, 2.05) is 0 Å². The van der Waals surface area contributed by atoms with Gasteiger partial charge in [-0.25, -0.2) is 0 Å². The number of nitro benzene ring substituents is 1. The third-order valence-electron chi connectivity index (χ3n) is 4.67. The molecule has 1 spiro atoms. The molecule has 0 saturated heterocycles. The maximum atomic E-state index is 12.0. The van der Waals surface area contributed by atoms with Crippen molar-refractivity contribution in [2.24, 2.45) is 5.41 Å². The molecule has 2 fully saturated rings. The lowest BCUT2D eigenvalue weighted by atomic mass is 9.63. The van der Waals surface area contributed by atoms with Gasteiger partial charge in [0.2, 0.25) is 5.75 Å². The average molecular weight is 291 g/mol. The molecule has 0 amide bonds. The van der Waals surface area contributed by atoms with Crippen LogP contribution in [0.3, 0.4) is 0 Å². The van der Waals surface area contributed by atoms with Crippen LogP contribution in [-0.4, -0.2) is 23.9 Å². The highest BCUT2D eigenvalue weighted by Gasteiger charge is 2.57. The van der Waals surface area contributed by atoms with Crippen LogP contribution in [0, 0.1) is 15.5 Å². The second-order valence-electron chi connectivity index (χ2n) is 5.69. The Balaban J connectivity index is 1.87. The van der Waals surface area contributed by atoms with Gasteiger partial charge in [0.05, 0.1) is 17.4 Å². The summed E-state index contributed by atoms with van der Waals surface area (Å²) in [6.45, 7) is 0. The van der Waals surface area contributed by atoms with Crippen molar-refractivity contribution >= 4 is 11.5 Å². The van der Waals surface area contributed by atoms with Gasteiger partial charge in [-0.2, -0.15) is 0 Å². The smallest absolute Gasteiger partial charge is 0.311 e. The Kier molecular flexibility index (Phi) is 3.31. The number of nitro groups is 1. The molecule has 3 rings (SSSR count). The Morgan fingerprint density at radius 1 is 1.33 bits per heavy atom. The van der Waals surface area contributed by atoms with E-state index in [-0.39, 0.29) is 23.3 Å².